The molecule has 16 heavy (non-hydrogen) atoms. The quantitative estimate of drug-likeness (QED) is 0.387. The Labute approximate surface area is 115 Å². The van der Waals surface area contributed by atoms with E-state index in [0.29, 0.717) is 4.58 Å². The Hall–Kier alpha value is 0.550. The molecule has 0 N–H and O–H groups in total. The molecular formula is C11H16OS4. The highest BCUT2D eigenvalue weighted by Crippen LogP contribution is 2.35. The van der Waals surface area contributed by atoms with Crippen LogP contribution in [0.1, 0.15) is 19.8 Å². The minimum absolute atomic E-state index is 0.0745. The molecule has 0 aromatic rings. The van der Waals surface area contributed by atoms with Gasteiger partial charge in [-0.3, -0.25) is 4.79 Å². The van der Waals surface area contributed by atoms with Gasteiger partial charge in [0.25, 0.3) is 0 Å². The van der Waals surface area contributed by atoms with Crippen LogP contribution in [-0.4, -0.2) is 20.5 Å². The molecule has 0 amide bonds. The zero-order chi connectivity index (χ0) is 11.8. The first-order chi connectivity index (χ1) is 7.72. The zero-order valence-electron chi connectivity index (χ0n) is 9.31. The van der Waals surface area contributed by atoms with E-state index in [1.165, 1.54) is 40.7 Å². The van der Waals surface area contributed by atoms with Crippen LogP contribution in [0.15, 0.2) is 23.0 Å². The average Bonchev–Trinajstić information content (AvgIpc) is 2.77. The van der Waals surface area contributed by atoms with Gasteiger partial charge in [-0.05, 0) is 41.9 Å². The number of rotatable bonds is 7. The maximum absolute atomic E-state index is 11.1. The smallest absolute Gasteiger partial charge is 0.212 e. The van der Waals surface area contributed by atoms with Crippen LogP contribution in [0.2, 0.25) is 0 Å². The van der Waals surface area contributed by atoms with Gasteiger partial charge in [0.15, 0.2) is 0 Å². The summed E-state index contributed by atoms with van der Waals surface area (Å²) in [7, 11) is 0. The molecule has 1 nitrogen and oxygen atoms in total. The van der Waals surface area contributed by atoms with Gasteiger partial charge in [-0.25, -0.2) is 0 Å². The Bertz CT molecular complexity index is 275. The largest absolute Gasteiger partial charge is 0.282 e. The standard InChI is InChI=1S/C11H16OS4/c1-3-11(12)16-9(2)14-6-4-5-10-7-13-8-15-10/h3,7,9H,1,4-6,8H2,2H3. The number of hydrogen-bond donors (Lipinski definition) is 0. The van der Waals surface area contributed by atoms with E-state index in [9.17, 15) is 4.79 Å². The molecular weight excluding hydrogens is 276 g/mol. The Morgan fingerprint density at radius 2 is 2.56 bits per heavy atom. The molecule has 1 unspecified atom stereocenters. The van der Waals surface area contributed by atoms with Crippen LogP contribution in [0.5, 0.6) is 0 Å². The molecule has 0 spiro atoms. The maximum Gasteiger partial charge on any atom is 0.212 e. The molecule has 90 valence electrons. The predicted octanol–water partition coefficient (Wildman–Crippen LogP) is 4.57. The summed E-state index contributed by atoms with van der Waals surface area (Å²) in [6, 6.07) is 0. The van der Waals surface area contributed by atoms with E-state index in [1.54, 1.807) is 0 Å². The maximum atomic E-state index is 11.1. The number of allylic oxidation sites excluding steroid dienone is 1. The Balaban J connectivity index is 2.01. The second-order valence-corrected chi connectivity index (χ2v) is 8.61. The van der Waals surface area contributed by atoms with Crippen molar-refractivity contribution in [2.24, 2.45) is 0 Å². The monoisotopic (exact) mass is 292 g/mol. The van der Waals surface area contributed by atoms with Crippen LogP contribution in [-0.2, 0) is 4.79 Å². The molecule has 0 saturated heterocycles. The molecule has 1 rings (SSSR count). The first kappa shape index (κ1) is 14.6. The fourth-order valence-corrected chi connectivity index (χ4v) is 5.27. The Morgan fingerprint density at radius 1 is 1.75 bits per heavy atom. The van der Waals surface area contributed by atoms with Gasteiger partial charge in [-0.2, -0.15) is 0 Å². The third-order valence-corrected chi connectivity index (χ3v) is 6.63. The lowest BCUT2D eigenvalue weighted by Gasteiger charge is -2.08. The molecule has 0 saturated carbocycles. The second kappa shape index (κ2) is 8.61. The Morgan fingerprint density at radius 3 is 3.19 bits per heavy atom. The predicted molar refractivity (Wildman–Crippen MR) is 82.1 cm³/mol. The summed E-state index contributed by atoms with van der Waals surface area (Å²) in [5, 5.41) is 3.53. The van der Waals surface area contributed by atoms with Crippen molar-refractivity contribution in [1.82, 2.24) is 0 Å². The lowest BCUT2D eigenvalue weighted by molar-refractivity contribution is -0.107. The van der Waals surface area contributed by atoms with Crippen LogP contribution in [0, 0.1) is 0 Å². The number of carbonyl (C=O) groups is 1. The molecule has 1 aliphatic rings. The van der Waals surface area contributed by atoms with Gasteiger partial charge in [0.2, 0.25) is 5.12 Å². The summed E-state index contributed by atoms with van der Waals surface area (Å²) in [5.41, 5.74) is 0. The summed E-state index contributed by atoms with van der Waals surface area (Å²) < 4.78 is 0.338. The van der Waals surface area contributed by atoms with E-state index >= 15 is 0 Å². The second-order valence-electron chi connectivity index (χ2n) is 3.20. The topological polar surface area (TPSA) is 17.1 Å². The van der Waals surface area contributed by atoms with E-state index in [1.807, 2.05) is 35.3 Å². The molecule has 5 heteroatoms. The number of thioether (sulfide) groups is 4. The Kier molecular flexibility index (Phi) is 7.87. The number of carbonyl (C=O) groups excluding carboxylic acids is 1. The van der Waals surface area contributed by atoms with E-state index in [0.717, 1.165) is 5.75 Å². The normalized spacial score (nSPS) is 16.9. The van der Waals surface area contributed by atoms with Crippen LogP contribution < -0.4 is 0 Å². The highest BCUT2D eigenvalue weighted by molar-refractivity contribution is 8.25. The summed E-state index contributed by atoms with van der Waals surface area (Å²) in [5.74, 6) is 1.13. The van der Waals surface area contributed by atoms with Gasteiger partial charge in [0.1, 0.15) is 0 Å². The summed E-state index contributed by atoms with van der Waals surface area (Å²) in [4.78, 5) is 12.6. The molecule has 0 radical (unpaired) electrons. The molecule has 0 aromatic heterocycles. The highest BCUT2D eigenvalue weighted by Gasteiger charge is 2.08. The lowest BCUT2D eigenvalue weighted by atomic mass is 10.3. The number of hydrogen-bond acceptors (Lipinski definition) is 5. The van der Waals surface area contributed by atoms with Crippen LogP contribution in [0.25, 0.3) is 0 Å². The van der Waals surface area contributed by atoms with E-state index < -0.39 is 0 Å². The zero-order valence-corrected chi connectivity index (χ0v) is 12.6. The minimum atomic E-state index is 0.0745. The first-order valence-corrected chi connectivity index (χ1v) is 9.06. The van der Waals surface area contributed by atoms with Crippen molar-refractivity contribution in [2.45, 2.75) is 24.3 Å². The van der Waals surface area contributed by atoms with Gasteiger partial charge in [-0.1, -0.05) is 18.3 Å². The summed E-state index contributed by atoms with van der Waals surface area (Å²) in [6.45, 7) is 5.55. The average molecular weight is 293 g/mol. The van der Waals surface area contributed by atoms with Crippen molar-refractivity contribution in [3.8, 4) is 0 Å². The van der Waals surface area contributed by atoms with Crippen LogP contribution in [0.3, 0.4) is 0 Å². The van der Waals surface area contributed by atoms with Crippen molar-refractivity contribution >= 4 is 52.2 Å². The van der Waals surface area contributed by atoms with Crippen molar-refractivity contribution < 1.29 is 4.79 Å². The summed E-state index contributed by atoms with van der Waals surface area (Å²) in [6.07, 6.45) is 3.79. The van der Waals surface area contributed by atoms with Crippen molar-refractivity contribution in [3.63, 3.8) is 0 Å². The van der Waals surface area contributed by atoms with Crippen molar-refractivity contribution in [3.05, 3.63) is 23.0 Å². The lowest BCUT2D eigenvalue weighted by Crippen LogP contribution is -1.96. The van der Waals surface area contributed by atoms with Gasteiger partial charge in [-0.15, -0.1) is 35.3 Å². The van der Waals surface area contributed by atoms with E-state index in [-0.39, 0.29) is 5.12 Å². The van der Waals surface area contributed by atoms with Crippen LogP contribution >= 0.6 is 47.0 Å². The third-order valence-electron chi connectivity index (χ3n) is 1.90. The molecule has 0 bridgehead atoms. The fourth-order valence-electron chi connectivity index (χ4n) is 1.14. The fraction of sp³-hybridized carbons (Fsp3) is 0.545. The molecule has 1 aliphatic heterocycles. The summed E-state index contributed by atoms with van der Waals surface area (Å²) >= 11 is 7.07. The van der Waals surface area contributed by atoms with Crippen LogP contribution in [0.4, 0.5) is 0 Å². The molecule has 0 aromatic carbocycles. The van der Waals surface area contributed by atoms with Crippen molar-refractivity contribution in [2.75, 3.05) is 10.8 Å². The van der Waals surface area contributed by atoms with Gasteiger partial charge in [0, 0.05) is 5.08 Å². The van der Waals surface area contributed by atoms with E-state index in [2.05, 4.69) is 18.9 Å². The molecule has 1 heterocycles. The van der Waals surface area contributed by atoms with Crippen molar-refractivity contribution in [1.29, 1.82) is 0 Å². The highest BCUT2D eigenvalue weighted by atomic mass is 32.2. The SMILES string of the molecule is C=CC(=O)SC(C)SCCCC1=CSCS1. The minimum Gasteiger partial charge on any atom is -0.282 e. The van der Waals surface area contributed by atoms with Gasteiger partial charge < -0.3 is 0 Å². The first-order valence-electron chi connectivity index (χ1n) is 5.10. The molecule has 0 aliphatic carbocycles. The van der Waals surface area contributed by atoms with E-state index in [4.69, 9.17) is 0 Å². The molecule has 0 fully saturated rings. The van der Waals surface area contributed by atoms with Gasteiger partial charge in [0.05, 0.1) is 4.58 Å². The molecule has 1 atom stereocenters. The van der Waals surface area contributed by atoms with Gasteiger partial charge >= 0.3 is 0 Å². The third kappa shape index (κ3) is 6.33.